The van der Waals surface area contributed by atoms with E-state index in [1.807, 2.05) is 33.4 Å². The lowest BCUT2D eigenvalue weighted by Gasteiger charge is -2.39. The summed E-state index contributed by atoms with van der Waals surface area (Å²) in [6, 6.07) is 10.4. The number of aromatic carboxylic acids is 1. The lowest BCUT2D eigenvalue weighted by molar-refractivity contribution is 0.0522. The number of benzene rings is 2. The first-order valence-electron chi connectivity index (χ1n) is 19.5. The van der Waals surface area contributed by atoms with Gasteiger partial charge in [0.25, 0.3) is 0 Å². The molecule has 4 aromatic rings. The second-order valence-electron chi connectivity index (χ2n) is 17.3. The van der Waals surface area contributed by atoms with Crippen LogP contribution in [-0.4, -0.2) is 81.6 Å². The van der Waals surface area contributed by atoms with E-state index in [9.17, 15) is 34.5 Å². The zero-order chi connectivity index (χ0) is 41.8. The topological polar surface area (TPSA) is 185 Å². The lowest BCUT2D eigenvalue weighted by Crippen LogP contribution is -2.33. The van der Waals surface area contributed by atoms with Crippen LogP contribution in [0.5, 0.6) is 23.0 Å². The van der Waals surface area contributed by atoms with E-state index >= 15 is 0 Å². The summed E-state index contributed by atoms with van der Waals surface area (Å²) in [6.45, 7) is 15.2. The number of hydrogen-bond donors (Lipinski definition) is 3. The van der Waals surface area contributed by atoms with Crippen LogP contribution in [0.15, 0.2) is 58.4 Å². The average Bonchev–Trinajstić information content (AvgIpc) is 3.45. The molecule has 0 radical (unpaired) electrons. The van der Waals surface area contributed by atoms with Crippen LogP contribution >= 0.6 is 0 Å². The number of carboxylic acids is 1. The fourth-order valence-corrected chi connectivity index (χ4v) is 7.94. The fourth-order valence-electron chi connectivity index (χ4n) is 7.94. The van der Waals surface area contributed by atoms with Gasteiger partial charge >= 0.3 is 11.9 Å². The second-order valence-corrected chi connectivity index (χ2v) is 17.3. The van der Waals surface area contributed by atoms with Gasteiger partial charge in [-0.2, -0.15) is 0 Å². The van der Waals surface area contributed by atoms with E-state index in [4.69, 9.17) is 23.7 Å². The first-order chi connectivity index (χ1) is 27.3. The van der Waals surface area contributed by atoms with Crippen LogP contribution in [0, 0.1) is 10.8 Å². The first-order valence-corrected chi connectivity index (χ1v) is 19.5. The maximum absolute atomic E-state index is 12.8. The molecule has 4 unspecified atom stereocenters. The van der Waals surface area contributed by atoms with E-state index in [1.165, 1.54) is 18.3 Å². The number of aliphatic hydroxyl groups excluding tert-OH is 2. The monoisotopic (exact) mass is 798 g/mol. The molecule has 0 aliphatic carbocycles. The number of aromatic nitrogens is 2. The van der Waals surface area contributed by atoms with Crippen molar-refractivity contribution in [3.8, 4) is 45.5 Å². The van der Waals surface area contributed by atoms with E-state index in [0.29, 0.717) is 41.5 Å². The number of hydrogen-bond acceptors (Lipinski definition) is 11. The van der Waals surface area contributed by atoms with E-state index in [0.717, 1.165) is 27.9 Å². The first kappa shape index (κ1) is 40.6. The van der Waals surface area contributed by atoms with Crippen molar-refractivity contribution in [3.05, 3.63) is 91.5 Å². The van der Waals surface area contributed by atoms with Gasteiger partial charge in [0.05, 0.1) is 18.0 Å². The van der Waals surface area contributed by atoms with E-state index in [-0.39, 0.29) is 72.5 Å². The molecular weight excluding hydrogens is 748 g/mol. The van der Waals surface area contributed by atoms with Crippen molar-refractivity contribution in [1.29, 1.82) is 0 Å². The average molecular weight is 799 g/mol. The maximum atomic E-state index is 12.8. The van der Waals surface area contributed by atoms with Crippen molar-refractivity contribution in [1.82, 2.24) is 9.13 Å². The third kappa shape index (κ3) is 7.82. The number of carbonyl (C=O) groups excluding carboxylic acids is 1. The molecular formula is C44H50N2O12. The van der Waals surface area contributed by atoms with Crippen molar-refractivity contribution < 1.29 is 48.6 Å². The number of nitrogens with zero attached hydrogens (tertiary/aromatic N) is 2. The fraction of sp³-hybridized carbons (Fsp3) is 0.455. The van der Waals surface area contributed by atoms with Gasteiger partial charge in [0.15, 0.2) is 33.9 Å². The number of aliphatic hydroxyl groups is 2. The Balaban J connectivity index is 0.000000177. The second kappa shape index (κ2) is 15.3. The predicted octanol–water partition coefficient (Wildman–Crippen LogP) is 5.46. The van der Waals surface area contributed by atoms with Crippen LogP contribution in [0.25, 0.3) is 22.5 Å². The zero-order valence-corrected chi connectivity index (χ0v) is 33.8. The molecule has 0 fully saturated rings. The predicted molar refractivity (Wildman–Crippen MR) is 214 cm³/mol. The molecule has 0 saturated carbocycles. The summed E-state index contributed by atoms with van der Waals surface area (Å²) in [6.07, 6.45) is 3.04. The van der Waals surface area contributed by atoms with Gasteiger partial charge in [0, 0.05) is 47.7 Å². The maximum Gasteiger partial charge on any atom is 0.343 e. The SMILES string of the molecule is CC(C)(C)C1Cc2cc3c(cc2-c2cc(=O)c(C(=O)O)cn21)OCC(O)CO3.CCOC(=O)c1cn2c(cc1=O)-c1cc3c(cc1CC2C(C)(C)C)OCC(O)CO3. The van der Waals surface area contributed by atoms with Crippen LogP contribution in [0.4, 0.5) is 0 Å². The van der Waals surface area contributed by atoms with Crippen molar-refractivity contribution in [3.63, 3.8) is 0 Å². The molecule has 0 spiro atoms. The van der Waals surface area contributed by atoms with Gasteiger partial charge in [-0.25, -0.2) is 9.59 Å². The normalized spacial score (nSPS) is 20.4. The molecule has 6 heterocycles. The van der Waals surface area contributed by atoms with E-state index in [1.54, 1.807) is 13.1 Å². The summed E-state index contributed by atoms with van der Waals surface area (Å²) in [7, 11) is 0. The van der Waals surface area contributed by atoms with Gasteiger partial charge in [-0.05, 0) is 66.0 Å². The van der Waals surface area contributed by atoms with Gasteiger partial charge in [-0.15, -0.1) is 0 Å². The molecule has 4 aliphatic rings. The Bertz CT molecular complexity index is 2400. The lowest BCUT2D eigenvalue weighted by atomic mass is 9.78. The number of esters is 1. The van der Waals surface area contributed by atoms with Crippen LogP contribution in [0.1, 0.15) is 92.4 Å². The molecule has 2 aromatic heterocycles. The number of fused-ring (bicyclic) bond motifs is 8. The Labute approximate surface area is 335 Å². The van der Waals surface area contributed by atoms with Crippen LogP contribution in [0.2, 0.25) is 0 Å². The van der Waals surface area contributed by atoms with Crippen molar-refractivity contribution in [2.75, 3.05) is 33.0 Å². The quantitative estimate of drug-likeness (QED) is 0.223. The molecule has 2 aromatic carbocycles. The van der Waals surface area contributed by atoms with Crippen molar-refractivity contribution in [2.24, 2.45) is 10.8 Å². The molecule has 0 amide bonds. The Morgan fingerprint density at radius 2 is 1.03 bits per heavy atom. The highest BCUT2D eigenvalue weighted by Crippen LogP contribution is 2.48. The minimum absolute atomic E-state index is 0.0177. The molecule has 14 heteroatoms. The third-order valence-electron chi connectivity index (χ3n) is 11.0. The minimum atomic E-state index is -1.23. The summed E-state index contributed by atoms with van der Waals surface area (Å²) < 4.78 is 31.8. The molecule has 308 valence electrons. The van der Waals surface area contributed by atoms with Gasteiger partial charge in [-0.3, -0.25) is 9.59 Å². The molecule has 58 heavy (non-hydrogen) atoms. The summed E-state index contributed by atoms with van der Waals surface area (Å²) >= 11 is 0. The van der Waals surface area contributed by atoms with E-state index in [2.05, 4.69) is 41.5 Å². The third-order valence-corrected chi connectivity index (χ3v) is 11.0. The summed E-state index contributed by atoms with van der Waals surface area (Å²) in [5.74, 6) is 0.368. The highest BCUT2D eigenvalue weighted by molar-refractivity contribution is 5.90. The van der Waals surface area contributed by atoms with Gasteiger partial charge in [0.2, 0.25) is 0 Å². The highest BCUT2D eigenvalue weighted by Gasteiger charge is 2.36. The summed E-state index contributed by atoms with van der Waals surface area (Å²) in [5, 5.41) is 29.0. The minimum Gasteiger partial charge on any atom is -0.487 e. The Morgan fingerprint density at radius 3 is 1.41 bits per heavy atom. The smallest absolute Gasteiger partial charge is 0.343 e. The number of carboxylic acid groups (broad SMARTS) is 1. The molecule has 0 saturated heterocycles. The molecule has 8 rings (SSSR count). The highest BCUT2D eigenvalue weighted by atomic mass is 16.6. The molecule has 4 aliphatic heterocycles. The van der Waals surface area contributed by atoms with Crippen LogP contribution in [0.3, 0.4) is 0 Å². The Hall–Kier alpha value is -5.60. The molecule has 0 bridgehead atoms. The number of ether oxygens (including phenoxy) is 5. The molecule has 14 nitrogen and oxygen atoms in total. The summed E-state index contributed by atoms with van der Waals surface area (Å²) in [4.78, 5) is 49.0. The summed E-state index contributed by atoms with van der Waals surface area (Å²) in [5.41, 5.74) is 3.70. The van der Waals surface area contributed by atoms with E-state index < -0.39 is 29.6 Å². The zero-order valence-electron chi connectivity index (χ0n) is 33.8. The van der Waals surface area contributed by atoms with Crippen LogP contribution in [-0.2, 0) is 17.6 Å². The number of pyridine rings is 2. The number of rotatable bonds is 3. The Kier molecular flexibility index (Phi) is 10.7. The largest absolute Gasteiger partial charge is 0.487 e. The van der Waals surface area contributed by atoms with Gasteiger partial charge < -0.3 is 48.1 Å². The van der Waals surface area contributed by atoms with Crippen LogP contribution < -0.4 is 29.8 Å². The van der Waals surface area contributed by atoms with Gasteiger partial charge in [-0.1, -0.05) is 41.5 Å². The van der Waals surface area contributed by atoms with Crippen molar-refractivity contribution in [2.45, 2.75) is 85.6 Å². The van der Waals surface area contributed by atoms with Gasteiger partial charge in [0.1, 0.15) is 49.8 Å². The van der Waals surface area contributed by atoms with Crippen molar-refractivity contribution >= 4 is 11.9 Å². The number of carbonyl (C=O) groups is 2. The standard InChI is InChI=1S/C23H27NO6.C21H23NO6/c1-5-28-22(27)16-10-24-17(9-18(16)26)15-8-20-19(29-11-14(25)12-30-20)6-13(15)7-21(24)23(2,3)4;1-21(2,3)19-5-11-4-17-18(28-10-12(23)9-27-17)6-13(11)15-7-16(24)14(20(25)26)8-22(15)19/h6,8-10,14,21,25H,5,7,11-12H2,1-4H3;4,6-8,12,19,23H,5,9-10H2,1-3H3,(H,25,26). The Morgan fingerprint density at radius 1 is 0.655 bits per heavy atom. The molecule has 4 atom stereocenters. The molecule has 3 N–H and O–H groups in total.